The quantitative estimate of drug-likeness (QED) is 0.923. The van der Waals surface area contributed by atoms with Crippen LogP contribution in [-0.2, 0) is 18.3 Å². The molecule has 0 radical (unpaired) electrons. The summed E-state index contributed by atoms with van der Waals surface area (Å²) in [6.07, 6.45) is 0.476. The molecule has 1 heterocycles. The van der Waals surface area contributed by atoms with Crippen LogP contribution in [0.3, 0.4) is 0 Å². The summed E-state index contributed by atoms with van der Waals surface area (Å²) in [6.45, 7) is 3.46. The van der Waals surface area contributed by atoms with Gasteiger partial charge in [-0.2, -0.15) is 0 Å². The Morgan fingerprint density at radius 1 is 1.44 bits per heavy atom. The topological polar surface area (TPSA) is 42.2 Å². The number of carboxylic acids is 1. The van der Waals surface area contributed by atoms with Gasteiger partial charge < -0.3 is 9.67 Å². The van der Waals surface area contributed by atoms with Gasteiger partial charge in [-0.15, -0.1) is 0 Å². The lowest BCUT2D eigenvalue weighted by molar-refractivity contribution is -0.146. The van der Waals surface area contributed by atoms with Crippen molar-refractivity contribution in [3.63, 3.8) is 0 Å². The Morgan fingerprint density at radius 3 is 2.67 bits per heavy atom. The van der Waals surface area contributed by atoms with Gasteiger partial charge in [0.2, 0.25) is 0 Å². The van der Waals surface area contributed by atoms with Crippen LogP contribution >= 0.6 is 11.6 Å². The molecular weight excluding hydrogens is 250 g/mol. The molecular formula is C14H16ClNO2. The fourth-order valence-corrected chi connectivity index (χ4v) is 2.30. The van der Waals surface area contributed by atoms with Crippen LogP contribution < -0.4 is 0 Å². The van der Waals surface area contributed by atoms with Crippen molar-refractivity contribution in [2.75, 3.05) is 0 Å². The number of benzene rings is 1. The second-order valence-electron chi connectivity index (χ2n) is 5.23. The number of hydrogen-bond acceptors (Lipinski definition) is 1. The average Bonchev–Trinajstić information content (AvgIpc) is 2.58. The summed E-state index contributed by atoms with van der Waals surface area (Å²) in [4.78, 5) is 11.2. The van der Waals surface area contributed by atoms with Crippen LogP contribution in [0.5, 0.6) is 0 Å². The minimum absolute atomic E-state index is 0.476. The van der Waals surface area contributed by atoms with Crippen molar-refractivity contribution < 1.29 is 9.90 Å². The molecule has 18 heavy (non-hydrogen) atoms. The Hall–Kier alpha value is -1.48. The monoisotopic (exact) mass is 265 g/mol. The number of hydrogen-bond donors (Lipinski definition) is 1. The number of aliphatic carboxylic acids is 1. The van der Waals surface area contributed by atoms with Gasteiger partial charge in [-0.3, -0.25) is 4.79 Å². The third-order valence-corrected chi connectivity index (χ3v) is 3.66. The lowest BCUT2D eigenvalue weighted by Gasteiger charge is -2.19. The predicted octanol–water partition coefficient (Wildman–Crippen LogP) is 3.49. The molecule has 0 saturated heterocycles. The Morgan fingerprint density at radius 2 is 2.11 bits per heavy atom. The molecule has 0 atom stereocenters. The first kappa shape index (κ1) is 13.0. The van der Waals surface area contributed by atoms with Crippen molar-refractivity contribution in [3.05, 3.63) is 35.0 Å². The molecule has 1 N–H and O–H groups in total. The van der Waals surface area contributed by atoms with Gasteiger partial charge in [-0.25, -0.2) is 0 Å². The molecule has 0 unspecified atom stereocenters. The van der Waals surface area contributed by atoms with Crippen molar-refractivity contribution in [2.45, 2.75) is 20.3 Å². The number of nitrogens with zero attached hydrogens (tertiary/aromatic N) is 1. The van der Waals surface area contributed by atoms with E-state index in [2.05, 4.69) is 0 Å². The van der Waals surface area contributed by atoms with Crippen molar-refractivity contribution in [3.8, 4) is 0 Å². The maximum atomic E-state index is 11.2. The molecule has 2 aromatic rings. The summed E-state index contributed by atoms with van der Waals surface area (Å²) in [7, 11) is 1.94. The van der Waals surface area contributed by atoms with Gasteiger partial charge in [0.25, 0.3) is 0 Å². The molecule has 0 aliphatic heterocycles. The zero-order valence-electron chi connectivity index (χ0n) is 10.7. The molecule has 0 aliphatic carbocycles. The van der Waals surface area contributed by atoms with Crippen molar-refractivity contribution in [1.82, 2.24) is 4.57 Å². The van der Waals surface area contributed by atoms with E-state index in [1.807, 2.05) is 35.9 Å². The summed E-state index contributed by atoms with van der Waals surface area (Å²) in [5, 5.41) is 10.9. The number of halogens is 1. The second-order valence-corrected chi connectivity index (χ2v) is 5.64. The van der Waals surface area contributed by atoms with Gasteiger partial charge in [0.15, 0.2) is 0 Å². The molecule has 96 valence electrons. The van der Waals surface area contributed by atoms with Gasteiger partial charge in [0.1, 0.15) is 0 Å². The summed E-state index contributed by atoms with van der Waals surface area (Å²) in [5.74, 6) is -0.793. The molecule has 4 heteroatoms. The van der Waals surface area contributed by atoms with Gasteiger partial charge in [0, 0.05) is 35.1 Å². The molecule has 3 nitrogen and oxygen atoms in total. The van der Waals surface area contributed by atoms with E-state index in [1.54, 1.807) is 13.8 Å². The van der Waals surface area contributed by atoms with E-state index < -0.39 is 11.4 Å². The minimum Gasteiger partial charge on any atom is -0.481 e. The van der Waals surface area contributed by atoms with Gasteiger partial charge in [-0.05, 0) is 32.0 Å². The van der Waals surface area contributed by atoms with E-state index >= 15 is 0 Å². The first-order valence-electron chi connectivity index (χ1n) is 5.79. The zero-order chi connectivity index (χ0) is 13.5. The fourth-order valence-electron chi connectivity index (χ4n) is 2.08. The maximum Gasteiger partial charge on any atom is 0.309 e. The van der Waals surface area contributed by atoms with Gasteiger partial charge in [0.05, 0.1) is 5.41 Å². The largest absolute Gasteiger partial charge is 0.481 e. The van der Waals surface area contributed by atoms with E-state index in [4.69, 9.17) is 11.6 Å². The van der Waals surface area contributed by atoms with E-state index in [1.165, 1.54) is 0 Å². The molecule has 0 amide bonds. The van der Waals surface area contributed by atoms with Gasteiger partial charge in [-0.1, -0.05) is 17.7 Å². The maximum absolute atomic E-state index is 11.2. The van der Waals surface area contributed by atoms with Crippen molar-refractivity contribution in [2.24, 2.45) is 12.5 Å². The van der Waals surface area contributed by atoms with Gasteiger partial charge >= 0.3 is 5.97 Å². The van der Waals surface area contributed by atoms with E-state index in [-0.39, 0.29) is 0 Å². The highest BCUT2D eigenvalue weighted by molar-refractivity contribution is 6.35. The number of rotatable bonds is 3. The normalized spacial score (nSPS) is 12.0. The Bertz CT molecular complexity index is 614. The second kappa shape index (κ2) is 4.32. The smallest absolute Gasteiger partial charge is 0.309 e. The molecule has 0 aliphatic rings. The van der Waals surface area contributed by atoms with Crippen LogP contribution in [0.2, 0.25) is 5.02 Å². The standard InChI is InChI=1S/C14H16ClNO2/c1-14(2,13(17)18)8-9-7-10-11(15)5-4-6-12(10)16(9)3/h4-7H,8H2,1-3H3,(H,17,18). The Kier molecular flexibility index (Phi) is 3.11. The van der Waals surface area contributed by atoms with E-state index in [0.29, 0.717) is 11.4 Å². The molecule has 1 aromatic heterocycles. The SMILES string of the molecule is Cn1c(CC(C)(C)C(=O)O)cc2c(Cl)cccc21. The predicted molar refractivity (Wildman–Crippen MR) is 73.0 cm³/mol. The van der Waals surface area contributed by atoms with Crippen LogP contribution in [-0.4, -0.2) is 15.6 Å². The van der Waals surface area contributed by atoms with Crippen LogP contribution in [0.4, 0.5) is 0 Å². The summed E-state index contributed by atoms with van der Waals surface area (Å²) in [6, 6.07) is 7.70. The molecule has 0 bridgehead atoms. The third kappa shape index (κ3) is 2.10. The summed E-state index contributed by atoms with van der Waals surface area (Å²) in [5.41, 5.74) is 1.22. The summed E-state index contributed by atoms with van der Waals surface area (Å²) >= 11 is 6.15. The first-order chi connectivity index (χ1) is 8.33. The van der Waals surface area contributed by atoms with Crippen LogP contribution in [0.1, 0.15) is 19.5 Å². The highest BCUT2D eigenvalue weighted by atomic mass is 35.5. The van der Waals surface area contributed by atoms with Crippen LogP contribution in [0.15, 0.2) is 24.3 Å². The Labute approximate surface area is 111 Å². The number of carboxylic acid groups (broad SMARTS) is 1. The molecule has 0 saturated carbocycles. The number of aryl methyl sites for hydroxylation is 1. The van der Waals surface area contributed by atoms with Crippen molar-refractivity contribution in [1.29, 1.82) is 0 Å². The highest BCUT2D eigenvalue weighted by Gasteiger charge is 2.28. The number of carbonyl (C=O) groups is 1. The molecule has 0 fully saturated rings. The van der Waals surface area contributed by atoms with E-state index in [9.17, 15) is 9.90 Å². The number of aromatic nitrogens is 1. The van der Waals surface area contributed by atoms with Crippen LogP contribution in [0, 0.1) is 5.41 Å². The fraction of sp³-hybridized carbons (Fsp3) is 0.357. The highest BCUT2D eigenvalue weighted by Crippen LogP contribution is 2.30. The lowest BCUT2D eigenvalue weighted by Crippen LogP contribution is -2.27. The van der Waals surface area contributed by atoms with Crippen molar-refractivity contribution >= 4 is 28.5 Å². The summed E-state index contributed by atoms with van der Waals surface area (Å²) < 4.78 is 2.01. The molecule has 2 rings (SSSR count). The molecule has 0 spiro atoms. The van der Waals surface area contributed by atoms with Crippen LogP contribution in [0.25, 0.3) is 10.9 Å². The van der Waals surface area contributed by atoms with E-state index in [0.717, 1.165) is 16.6 Å². The third-order valence-electron chi connectivity index (χ3n) is 3.34. The first-order valence-corrected chi connectivity index (χ1v) is 6.17. The minimum atomic E-state index is -0.793. The lowest BCUT2D eigenvalue weighted by atomic mass is 9.88. The molecule has 1 aromatic carbocycles. The Balaban J connectivity index is 2.50. The number of fused-ring (bicyclic) bond motifs is 1. The average molecular weight is 266 g/mol. The zero-order valence-corrected chi connectivity index (χ0v) is 11.5.